The molecular formula is C11H14O4. The van der Waals surface area contributed by atoms with Crippen molar-refractivity contribution < 1.29 is 19.7 Å². The summed E-state index contributed by atoms with van der Waals surface area (Å²) in [7, 11) is 1.48. The van der Waals surface area contributed by atoms with Gasteiger partial charge in [-0.3, -0.25) is 4.79 Å². The molecule has 0 aliphatic rings. The summed E-state index contributed by atoms with van der Waals surface area (Å²) in [4.78, 5) is 10.6. The molecule has 0 aliphatic heterocycles. The Balaban J connectivity index is 3.07. The summed E-state index contributed by atoms with van der Waals surface area (Å²) < 4.78 is 5.06. The first kappa shape index (κ1) is 11.5. The number of carboxylic acid groups (broad SMARTS) is 1. The van der Waals surface area contributed by atoms with Crippen LogP contribution in [0.1, 0.15) is 18.9 Å². The Morgan fingerprint density at radius 1 is 1.47 bits per heavy atom. The minimum Gasteiger partial charge on any atom is -0.496 e. The third kappa shape index (κ3) is 2.70. The molecule has 0 heterocycles. The van der Waals surface area contributed by atoms with Crippen molar-refractivity contribution >= 4 is 5.97 Å². The van der Waals surface area contributed by atoms with Crippen LogP contribution in [0.4, 0.5) is 0 Å². The monoisotopic (exact) mass is 210 g/mol. The number of carbonyl (C=O) groups is 1. The smallest absolute Gasteiger partial charge is 0.306 e. The first-order chi connectivity index (χ1) is 6.97. The molecule has 0 saturated heterocycles. The van der Waals surface area contributed by atoms with Crippen molar-refractivity contribution in [2.24, 2.45) is 0 Å². The lowest BCUT2D eigenvalue weighted by Crippen LogP contribution is -2.25. The number of carboxylic acids is 1. The molecule has 15 heavy (non-hydrogen) atoms. The van der Waals surface area contributed by atoms with E-state index < -0.39 is 11.6 Å². The number of benzene rings is 1. The second kappa shape index (κ2) is 4.31. The number of methoxy groups -OCH3 is 1. The summed E-state index contributed by atoms with van der Waals surface area (Å²) in [5.74, 6) is -0.561. The highest BCUT2D eigenvalue weighted by atomic mass is 16.5. The Morgan fingerprint density at radius 3 is 2.60 bits per heavy atom. The number of ether oxygens (including phenoxy) is 1. The molecule has 1 aromatic carbocycles. The fourth-order valence-corrected chi connectivity index (χ4v) is 1.48. The molecular weight excluding hydrogens is 196 g/mol. The number of aliphatic hydroxyl groups is 1. The van der Waals surface area contributed by atoms with Crippen LogP contribution in [0.2, 0.25) is 0 Å². The minimum absolute atomic E-state index is 0.354. The Labute approximate surface area is 88.1 Å². The molecule has 0 radical (unpaired) electrons. The van der Waals surface area contributed by atoms with Crippen LogP contribution in [0.3, 0.4) is 0 Å². The maximum atomic E-state index is 10.6. The SMILES string of the molecule is COc1ccccc1C(C)(O)CC(=O)O. The van der Waals surface area contributed by atoms with Gasteiger partial charge in [0.05, 0.1) is 13.5 Å². The zero-order chi connectivity index (χ0) is 11.5. The van der Waals surface area contributed by atoms with Crippen molar-refractivity contribution in [1.82, 2.24) is 0 Å². The highest BCUT2D eigenvalue weighted by Crippen LogP contribution is 2.31. The Bertz CT molecular complexity index is 357. The number of hydrogen-bond donors (Lipinski definition) is 2. The average molecular weight is 210 g/mol. The predicted molar refractivity (Wildman–Crippen MR) is 54.8 cm³/mol. The molecule has 0 spiro atoms. The van der Waals surface area contributed by atoms with Gasteiger partial charge in [-0.1, -0.05) is 18.2 Å². The van der Waals surface area contributed by atoms with Crippen LogP contribution in [0, 0.1) is 0 Å². The zero-order valence-corrected chi connectivity index (χ0v) is 8.73. The molecule has 0 amide bonds. The molecule has 82 valence electrons. The minimum atomic E-state index is -1.42. The van der Waals surface area contributed by atoms with Gasteiger partial charge in [0.2, 0.25) is 0 Å². The summed E-state index contributed by atoms with van der Waals surface area (Å²) in [5.41, 5.74) is -0.937. The van der Waals surface area contributed by atoms with Crippen molar-refractivity contribution in [2.75, 3.05) is 7.11 Å². The lowest BCUT2D eigenvalue weighted by atomic mass is 9.92. The van der Waals surface area contributed by atoms with Gasteiger partial charge in [-0.05, 0) is 13.0 Å². The van der Waals surface area contributed by atoms with E-state index >= 15 is 0 Å². The normalized spacial score (nSPS) is 14.3. The predicted octanol–water partition coefficient (Wildman–Crippen LogP) is 1.38. The van der Waals surface area contributed by atoms with Crippen molar-refractivity contribution in [2.45, 2.75) is 18.9 Å². The Hall–Kier alpha value is -1.55. The molecule has 4 nitrogen and oxygen atoms in total. The fraction of sp³-hybridized carbons (Fsp3) is 0.364. The maximum Gasteiger partial charge on any atom is 0.306 e. The topological polar surface area (TPSA) is 66.8 Å². The Morgan fingerprint density at radius 2 is 2.07 bits per heavy atom. The third-order valence-corrected chi connectivity index (χ3v) is 2.18. The van der Waals surface area contributed by atoms with Gasteiger partial charge in [-0.15, -0.1) is 0 Å². The van der Waals surface area contributed by atoms with Gasteiger partial charge in [-0.2, -0.15) is 0 Å². The first-order valence-electron chi connectivity index (χ1n) is 4.55. The molecule has 1 rings (SSSR count). The number of aliphatic carboxylic acids is 1. The molecule has 1 unspecified atom stereocenters. The first-order valence-corrected chi connectivity index (χ1v) is 4.55. The lowest BCUT2D eigenvalue weighted by Gasteiger charge is -2.23. The molecule has 0 aromatic heterocycles. The molecule has 0 fully saturated rings. The van der Waals surface area contributed by atoms with Crippen LogP contribution in [-0.4, -0.2) is 23.3 Å². The quantitative estimate of drug-likeness (QED) is 0.787. The van der Waals surface area contributed by atoms with Crippen LogP contribution in [0.5, 0.6) is 5.75 Å². The van der Waals surface area contributed by atoms with Crippen LogP contribution < -0.4 is 4.74 Å². The number of rotatable bonds is 4. The van der Waals surface area contributed by atoms with Crippen LogP contribution in [0.25, 0.3) is 0 Å². The Kier molecular flexibility index (Phi) is 3.31. The van der Waals surface area contributed by atoms with Crippen LogP contribution >= 0.6 is 0 Å². The van der Waals surface area contributed by atoms with E-state index in [2.05, 4.69) is 0 Å². The molecule has 4 heteroatoms. The van der Waals surface area contributed by atoms with Gasteiger partial charge >= 0.3 is 5.97 Å². The summed E-state index contributed by atoms with van der Waals surface area (Å²) in [6, 6.07) is 6.83. The van der Waals surface area contributed by atoms with E-state index in [0.717, 1.165) is 0 Å². The van der Waals surface area contributed by atoms with Crippen molar-refractivity contribution in [3.63, 3.8) is 0 Å². The van der Waals surface area contributed by atoms with Gasteiger partial charge < -0.3 is 14.9 Å². The molecule has 0 saturated carbocycles. The van der Waals surface area contributed by atoms with E-state index in [1.165, 1.54) is 14.0 Å². The summed E-state index contributed by atoms with van der Waals surface area (Å²) in [5, 5.41) is 18.7. The second-order valence-corrected chi connectivity index (χ2v) is 3.54. The van der Waals surface area contributed by atoms with E-state index in [1.807, 2.05) is 0 Å². The van der Waals surface area contributed by atoms with E-state index in [-0.39, 0.29) is 6.42 Å². The van der Waals surface area contributed by atoms with Gasteiger partial charge in [0.15, 0.2) is 0 Å². The number of para-hydroxylation sites is 1. The highest BCUT2D eigenvalue weighted by Gasteiger charge is 2.29. The van der Waals surface area contributed by atoms with Gasteiger partial charge in [0, 0.05) is 5.56 Å². The average Bonchev–Trinajstić information content (AvgIpc) is 2.16. The van der Waals surface area contributed by atoms with Gasteiger partial charge in [-0.25, -0.2) is 0 Å². The standard InChI is InChI=1S/C11H14O4/c1-11(14,7-10(12)13)8-5-3-4-6-9(8)15-2/h3-6,14H,7H2,1-2H3,(H,12,13). The van der Waals surface area contributed by atoms with Gasteiger partial charge in [0.1, 0.15) is 11.4 Å². The highest BCUT2D eigenvalue weighted by molar-refractivity contribution is 5.68. The maximum absolute atomic E-state index is 10.6. The second-order valence-electron chi connectivity index (χ2n) is 3.54. The van der Waals surface area contributed by atoms with E-state index in [1.54, 1.807) is 24.3 Å². The number of hydrogen-bond acceptors (Lipinski definition) is 3. The molecule has 0 bridgehead atoms. The van der Waals surface area contributed by atoms with Crippen molar-refractivity contribution in [3.05, 3.63) is 29.8 Å². The van der Waals surface area contributed by atoms with E-state index in [9.17, 15) is 9.90 Å². The molecule has 2 N–H and O–H groups in total. The van der Waals surface area contributed by atoms with E-state index in [4.69, 9.17) is 9.84 Å². The third-order valence-electron chi connectivity index (χ3n) is 2.18. The van der Waals surface area contributed by atoms with Crippen LogP contribution in [0.15, 0.2) is 24.3 Å². The largest absolute Gasteiger partial charge is 0.496 e. The summed E-state index contributed by atoms with van der Waals surface area (Å²) >= 11 is 0. The van der Waals surface area contributed by atoms with Gasteiger partial charge in [0.25, 0.3) is 0 Å². The summed E-state index contributed by atoms with van der Waals surface area (Å²) in [6.07, 6.45) is -0.354. The fourth-order valence-electron chi connectivity index (χ4n) is 1.48. The zero-order valence-electron chi connectivity index (χ0n) is 8.73. The molecule has 0 aliphatic carbocycles. The van der Waals surface area contributed by atoms with E-state index in [0.29, 0.717) is 11.3 Å². The summed E-state index contributed by atoms with van der Waals surface area (Å²) in [6.45, 7) is 1.46. The van der Waals surface area contributed by atoms with Crippen molar-refractivity contribution in [1.29, 1.82) is 0 Å². The molecule has 1 aromatic rings. The molecule has 1 atom stereocenters. The van der Waals surface area contributed by atoms with Crippen LogP contribution in [-0.2, 0) is 10.4 Å². The lowest BCUT2D eigenvalue weighted by molar-refractivity contribution is -0.142. The van der Waals surface area contributed by atoms with Crippen molar-refractivity contribution in [3.8, 4) is 5.75 Å².